The average molecular weight is 318 g/mol. The fourth-order valence-electron chi connectivity index (χ4n) is 3.96. The van der Waals surface area contributed by atoms with Crippen LogP contribution in [0.5, 0.6) is 0 Å². The van der Waals surface area contributed by atoms with Gasteiger partial charge in [0.2, 0.25) is 5.91 Å². The van der Waals surface area contributed by atoms with Crippen LogP contribution < -0.4 is 5.73 Å². The molecule has 3 aromatic rings. The van der Waals surface area contributed by atoms with Gasteiger partial charge in [0.25, 0.3) is 0 Å². The molecule has 2 aliphatic rings. The van der Waals surface area contributed by atoms with E-state index >= 15 is 0 Å². The van der Waals surface area contributed by atoms with Crippen LogP contribution in [0.4, 0.5) is 0 Å². The number of nitrogens with zero attached hydrogens (tertiary/aromatic N) is 1. The lowest BCUT2D eigenvalue weighted by Gasteiger charge is -2.28. The zero-order valence-corrected chi connectivity index (χ0v) is 12.7. The van der Waals surface area contributed by atoms with Crippen LogP contribution in [0.15, 0.2) is 59.5 Å². The third-order valence-corrected chi connectivity index (χ3v) is 4.97. The molecular weight excluding hydrogens is 304 g/mol. The molecule has 2 aliphatic heterocycles. The first-order chi connectivity index (χ1) is 11.7. The molecule has 0 aliphatic carbocycles. The molecule has 0 saturated heterocycles. The highest BCUT2D eigenvalue weighted by Gasteiger charge is 2.54. The van der Waals surface area contributed by atoms with E-state index in [9.17, 15) is 4.79 Å². The van der Waals surface area contributed by atoms with Gasteiger partial charge < -0.3 is 14.9 Å². The number of amides is 1. The van der Waals surface area contributed by atoms with Crippen LogP contribution in [0.3, 0.4) is 0 Å². The van der Waals surface area contributed by atoms with Crippen LogP contribution in [0.1, 0.15) is 44.4 Å². The summed E-state index contributed by atoms with van der Waals surface area (Å²) in [4.78, 5) is 15.9. The summed E-state index contributed by atoms with van der Waals surface area (Å²) in [7, 11) is 0. The molecule has 24 heavy (non-hydrogen) atoms. The van der Waals surface area contributed by atoms with Crippen molar-refractivity contribution in [3.8, 4) is 0 Å². The van der Waals surface area contributed by atoms with Crippen molar-refractivity contribution in [2.24, 2.45) is 5.73 Å². The number of carbonyl (C=O) groups excluding carboxylic acids is 1. The van der Waals surface area contributed by atoms with Gasteiger partial charge in [-0.2, -0.15) is 0 Å². The summed E-state index contributed by atoms with van der Waals surface area (Å²) in [5.41, 5.74) is 10.5. The third kappa shape index (κ3) is 1.62. The molecule has 2 atom stereocenters. The molecule has 5 heteroatoms. The van der Waals surface area contributed by atoms with Gasteiger partial charge in [0.15, 0.2) is 6.39 Å². The Kier molecular flexibility index (Phi) is 2.56. The number of ether oxygens (including phenoxy) is 1. The molecular formula is C19H14N2O3. The average Bonchev–Trinajstić information content (AvgIpc) is 3.29. The Bertz CT molecular complexity index is 965. The smallest absolute Gasteiger partial charge is 0.248 e. The van der Waals surface area contributed by atoms with Crippen molar-refractivity contribution in [1.29, 1.82) is 0 Å². The van der Waals surface area contributed by atoms with Crippen LogP contribution in [-0.4, -0.2) is 10.9 Å². The number of rotatable bonds is 3. The van der Waals surface area contributed by atoms with E-state index in [0.29, 0.717) is 12.0 Å². The van der Waals surface area contributed by atoms with Crippen LogP contribution in [0, 0.1) is 0 Å². The zero-order valence-electron chi connectivity index (χ0n) is 12.7. The maximum Gasteiger partial charge on any atom is 0.248 e. The Balaban J connectivity index is 1.76. The molecule has 2 bridgehead atoms. The molecule has 5 nitrogen and oxygen atoms in total. The van der Waals surface area contributed by atoms with Gasteiger partial charge in [-0.1, -0.05) is 30.3 Å². The van der Waals surface area contributed by atoms with Crippen LogP contribution >= 0.6 is 0 Å². The molecule has 1 amide bonds. The summed E-state index contributed by atoms with van der Waals surface area (Å²) < 4.78 is 11.6. The first-order valence-corrected chi connectivity index (χ1v) is 7.77. The number of primary amides is 1. The number of oxazole rings is 1. The van der Waals surface area contributed by atoms with Crippen molar-refractivity contribution in [1.82, 2.24) is 4.98 Å². The van der Waals surface area contributed by atoms with Gasteiger partial charge in [0.05, 0.1) is 5.69 Å². The molecule has 2 unspecified atom stereocenters. The molecule has 0 saturated carbocycles. The first kappa shape index (κ1) is 13.5. The monoisotopic (exact) mass is 318 g/mol. The predicted octanol–water partition coefficient (Wildman–Crippen LogP) is 2.69. The maximum atomic E-state index is 11.6. The molecule has 1 aromatic heterocycles. The SMILES string of the molecule is NC(=O)c1ccc2c(c1)C1(Cc3cocn3)OC2c2ccccc21. The van der Waals surface area contributed by atoms with E-state index in [0.717, 1.165) is 22.4 Å². The Morgan fingerprint density at radius 1 is 1.17 bits per heavy atom. The van der Waals surface area contributed by atoms with Crippen LogP contribution in [-0.2, 0) is 16.8 Å². The van der Waals surface area contributed by atoms with Crippen LogP contribution in [0.25, 0.3) is 0 Å². The van der Waals surface area contributed by atoms with Crippen molar-refractivity contribution in [3.63, 3.8) is 0 Å². The molecule has 5 rings (SSSR count). The number of carbonyl (C=O) groups is 1. The Hall–Kier alpha value is -2.92. The number of aromatic nitrogens is 1. The summed E-state index contributed by atoms with van der Waals surface area (Å²) in [5, 5.41) is 0. The van der Waals surface area contributed by atoms with Gasteiger partial charge in [0.1, 0.15) is 18.0 Å². The summed E-state index contributed by atoms with van der Waals surface area (Å²) in [6, 6.07) is 13.8. The molecule has 2 N–H and O–H groups in total. The first-order valence-electron chi connectivity index (χ1n) is 7.77. The zero-order chi connectivity index (χ0) is 16.3. The summed E-state index contributed by atoms with van der Waals surface area (Å²) in [5.74, 6) is -0.439. The quantitative estimate of drug-likeness (QED) is 0.805. The van der Waals surface area contributed by atoms with Gasteiger partial charge in [-0.3, -0.25) is 4.79 Å². The Labute approximate surface area is 138 Å². The standard InChI is InChI=1S/C19H14N2O3/c20-18(22)11-5-6-14-16(7-11)19(8-12-9-23-10-21-12)15-4-2-1-3-13(15)17(14)24-19/h1-7,9-10,17H,8H2,(H2,20,22). The van der Waals surface area contributed by atoms with Crippen molar-refractivity contribution in [2.75, 3.05) is 0 Å². The van der Waals surface area contributed by atoms with Gasteiger partial charge in [0, 0.05) is 12.0 Å². The highest BCUT2D eigenvalue weighted by Crippen LogP contribution is 2.59. The van der Waals surface area contributed by atoms with Crippen molar-refractivity contribution in [2.45, 2.75) is 18.1 Å². The van der Waals surface area contributed by atoms with Crippen molar-refractivity contribution < 1.29 is 13.9 Å². The fourth-order valence-corrected chi connectivity index (χ4v) is 3.96. The summed E-state index contributed by atoms with van der Waals surface area (Å²) >= 11 is 0. The van der Waals surface area contributed by atoms with E-state index in [1.54, 1.807) is 12.3 Å². The lowest BCUT2D eigenvalue weighted by atomic mass is 9.75. The maximum absolute atomic E-state index is 11.6. The van der Waals surface area contributed by atoms with E-state index in [1.165, 1.54) is 12.0 Å². The topological polar surface area (TPSA) is 78.4 Å². The Morgan fingerprint density at radius 2 is 2.00 bits per heavy atom. The van der Waals surface area contributed by atoms with Gasteiger partial charge >= 0.3 is 0 Å². The largest absolute Gasteiger partial charge is 0.451 e. The van der Waals surface area contributed by atoms with E-state index in [4.69, 9.17) is 14.9 Å². The number of hydrogen-bond donors (Lipinski definition) is 1. The van der Waals surface area contributed by atoms with Gasteiger partial charge in [-0.15, -0.1) is 0 Å². The van der Waals surface area contributed by atoms with Crippen molar-refractivity contribution in [3.05, 3.63) is 88.6 Å². The lowest BCUT2D eigenvalue weighted by molar-refractivity contribution is -0.00529. The van der Waals surface area contributed by atoms with E-state index in [-0.39, 0.29) is 6.10 Å². The van der Waals surface area contributed by atoms with Gasteiger partial charge in [-0.05, 0) is 34.4 Å². The highest BCUT2D eigenvalue weighted by atomic mass is 16.5. The molecule has 0 radical (unpaired) electrons. The third-order valence-electron chi connectivity index (χ3n) is 4.97. The second kappa shape index (κ2) is 4.55. The normalized spacial score (nSPS) is 23.1. The summed E-state index contributed by atoms with van der Waals surface area (Å²) in [6.45, 7) is 0. The number of benzene rings is 2. The molecule has 2 aromatic carbocycles. The van der Waals surface area contributed by atoms with E-state index in [2.05, 4.69) is 17.1 Å². The minimum Gasteiger partial charge on any atom is -0.451 e. The van der Waals surface area contributed by atoms with E-state index < -0.39 is 11.5 Å². The molecule has 118 valence electrons. The fraction of sp³-hybridized carbons (Fsp3) is 0.158. The highest BCUT2D eigenvalue weighted by molar-refractivity contribution is 5.93. The van der Waals surface area contributed by atoms with Crippen LogP contribution in [0.2, 0.25) is 0 Å². The molecule has 0 fully saturated rings. The second-order valence-corrected chi connectivity index (χ2v) is 6.23. The van der Waals surface area contributed by atoms with Gasteiger partial charge in [-0.25, -0.2) is 4.98 Å². The minimum absolute atomic E-state index is 0.120. The van der Waals surface area contributed by atoms with E-state index in [1.807, 2.05) is 24.3 Å². The van der Waals surface area contributed by atoms with Crippen molar-refractivity contribution >= 4 is 5.91 Å². The molecule has 3 heterocycles. The lowest BCUT2D eigenvalue weighted by Crippen LogP contribution is -2.29. The molecule has 0 spiro atoms. The number of nitrogens with two attached hydrogens (primary N) is 1. The number of fused-ring (bicyclic) bond motifs is 8. The predicted molar refractivity (Wildman–Crippen MR) is 85.3 cm³/mol. The number of hydrogen-bond acceptors (Lipinski definition) is 4. The summed E-state index contributed by atoms with van der Waals surface area (Å²) in [6.07, 6.45) is 3.47. The Morgan fingerprint density at radius 3 is 2.79 bits per heavy atom. The minimum atomic E-state index is -0.654. The second-order valence-electron chi connectivity index (χ2n) is 6.23.